The minimum atomic E-state index is -0.107. The molecule has 0 saturated heterocycles. The lowest BCUT2D eigenvalue weighted by Gasteiger charge is -2.14. The lowest BCUT2D eigenvalue weighted by molar-refractivity contribution is 0.298. The van der Waals surface area contributed by atoms with Gasteiger partial charge >= 0.3 is 0 Å². The molecule has 0 aliphatic rings. The Morgan fingerprint density at radius 2 is 1.90 bits per heavy atom. The molecule has 2 aromatic rings. The summed E-state index contributed by atoms with van der Waals surface area (Å²) in [6.45, 7) is 0.566. The average Bonchev–Trinajstić information content (AvgIpc) is 2.48. The van der Waals surface area contributed by atoms with Crippen molar-refractivity contribution in [3.05, 3.63) is 59.1 Å². The maximum Gasteiger partial charge on any atom is 0.137 e. The number of rotatable bonds is 6. The lowest BCUT2D eigenvalue weighted by atomic mass is 10.0. The van der Waals surface area contributed by atoms with Crippen molar-refractivity contribution in [1.29, 1.82) is 0 Å². The minimum Gasteiger partial charge on any atom is -0.495 e. The predicted octanol–water partition coefficient (Wildman–Crippen LogP) is 3.82. The van der Waals surface area contributed by atoms with Gasteiger partial charge in [-0.2, -0.15) is 0 Å². The van der Waals surface area contributed by atoms with Gasteiger partial charge in [-0.05, 0) is 29.8 Å². The highest BCUT2D eigenvalue weighted by Crippen LogP contribution is 2.28. The van der Waals surface area contributed by atoms with Crippen molar-refractivity contribution < 1.29 is 9.47 Å². The zero-order valence-corrected chi connectivity index (χ0v) is 12.1. The number of hydrogen-bond acceptors (Lipinski definition) is 3. The van der Waals surface area contributed by atoms with Crippen LogP contribution in [0.4, 0.5) is 0 Å². The Kier molecular flexibility index (Phi) is 5.27. The van der Waals surface area contributed by atoms with E-state index in [9.17, 15) is 0 Å². The molecule has 2 rings (SSSR count). The van der Waals surface area contributed by atoms with Gasteiger partial charge in [-0.1, -0.05) is 35.9 Å². The number of hydrogen-bond donors (Lipinski definition) is 1. The van der Waals surface area contributed by atoms with Crippen LogP contribution < -0.4 is 15.2 Å². The molecule has 0 saturated carbocycles. The molecule has 4 heteroatoms. The van der Waals surface area contributed by atoms with Crippen molar-refractivity contribution in [1.82, 2.24) is 0 Å². The van der Waals surface area contributed by atoms with E-state index in [1.807, 2.05) is 42.5 Å². The van der Waals surface area contributed by atoms with Crippen molar-refractivity contribution in [2.75, 3.05) is 13.7 Å². The molecule has 0 amide bonds. The first-order valence-corrected chi connectivity index (χ1v) is 6.85. The van der Waals surface area contributed by atoms with Gasteiger partial charge in [0.25, 0.3) is 0 Å². The van der Waals surface area contributed by atoms with Crippen LogP contribution in [-0.2, 0) is 0 Å². The molecule has 3 nitrogen and oxygen atoms in total. The molecule has 2 aromatic carbocycles. The van der Waals surface area contributed by atoms with Crippen LogP contribution >= 0.6 is 11.6 Å². The lowest BCUT2D eigenvalue weighted by Crippen LogP contribution is -2.14. The van der Waals surface area contributed by atoms with Crippen molar-refractivity contribution in [3.8, 4) is 11.5 Å². The van der Waals surface area contributed by atoms with Crippen molar-refractivity contribution in [2.45, 2.75) is 12.5 Å². The fourth-order valence-electron chi connectivity index (χ4n) is 1.89. The van der Waals surface area contributed by atoms with Crippen molar-refractivity contribution in [2.24, 2.45) is 5.73 Å². The Labute approximate surface area is 124 Å². The minimum absolute atomic E-state index is 0.107. The highest BCUT2D eigenvalue weighted by molar-refractivity contribution is 6.32. The van der Waals surface area contributed by atoms with Gasteiger partial charge in [0.05, 0.1) is 18.7 Å². The number of halogens is 1. The van der Waals surface area contributed by atoms with E-state index < -0.39 is 0 Å². The first-order chi connectivity index (χ1) is 9.70. The Morgan fingerprint density at radius 3 is 2.60 bits per heavy atom. The Morgan fingerprint density at radius 1 is 1.15 bits per heavy atom. The van der Waals surface area contributed by atoms with E-state index in [0.717, 1.165) is 17.7 Å². The highest BCUT2D eigenvalue weighted by atomic mass is 35.5. The van der Waals surface area contributed by atoms with Crippen LogP contribution in [0.25, 0.3) is 0 Å². The largest absolute Gasteiger partial charge is 0.495 e. The summed E-state index contributed by atoms with van der Waals surface area (Å²) >= 11 is 5.99. The molecule has 106 valence electrons. The van der Waals surface area contributed by atoms with Gasteiger partial charge < -0.3 is 15.2 Å². The molecule has 0 aliphatic heterocycles. The fraction of sp³-hybridized carbons (Fsp3) is 0.250. The third-order valence-corrected chi connectivity index (χ3v) is 3.36. The van der Waals surface area contributed by atoms with Crippen LogP contribution in [0, 0.1) is 0 Å². The van der Waals surface area contributed by atoms with E-state index in [-0.39, 0.29) is 6.04 Å². The summed E-state index contributed by atoms with van der Waals surface area (Å²) in [4.78, 5) is 0. The van der Waals surface area contributed by atoms with Crippen LogP contribution in [0.1, 0.15) is 18.0 Å². The quantitative estimate of drug-likeness (QED) is 0.880. The number of methoxy groups -OCH3 is 1. The van der Waals surface area contributed by atoms with E-state index in [0.29, 0.717) is 17.4 Å². The summed E-state index contributed by atoms with van der Waals surface area (Å²) in [5, 5.41) is 0.587. The Bertz CT molecular complexity index is 545. The van der Waals surface area contributed by atoms with E-state index in [4.69, 9.17) is 26.8 Å². The van der Waals surface area contributed by atoms with Gasteiger partial charge in [0.1, 0.15) is 11.5 Å². The molecule has 1 unspecified atom stereocenters. The summed E-state index contributed by atoms with van der Waals surface area (Å²) in [6.07, 6.45) is 0.722. The molecule has 0 spiro atoms. The SMILES string of the molecule is COc1cc(C(N)CCOc2ccccc2)ccc1Cl. The molecule has 1 atom stereocenters. The maximum atomic E-state index is 6.15. The summed E-state index contributed by atoms with van der Waals surface area (Å²) < 4.78 is 10.8. The summed E-state index contributed by atoms with van der Waals surface area (Å²) in [7, 11) is 1.59. The molecule has 0 aromatic heterocycles. The van der Waals surface area contributed by atoms with Crippen LogP contribution in [0.3, 0.4) is 0 Å². The molecular weight excluding hydrogens is 274 g/mol. The second-order valence-electron chi connectivity index (χ2n) is 4.45. The molecule has 0 fully saturated rings. The summed E-state index contributed by atoms with van der Waals surface area (Å²) in [6, 6.07) is 15.2. The molecule has 20 heavy (non-hydrogen) atoms. The number of para-hydroxylation sites is 1. The second-order valence-corrected chi connectivity index (χ2v) is 4.86. The summed E-state index contributed by atoms with van der Waals surface area (Å²) in [5.41, 5.74) is 7.14. The number of ether oxygens (including phenoxy) is 2. The number of nitrogens with two attached hydrogens (primary N) is 1. The summed E-state index contributed by atoms with van der Waals surface area (Å²) in [5.74, 6) is 1.50. The zero-order chi connectivity index (χ0) is 14.4. The van der Waals surface area contributed by atoms with Crippen LogP contribution in [0.2, 0.25) is 5.02 Å². The van der Waals surface area contributed by atoms with Gasteiger partial charge in [0, 0.05) is 12.5 Å². The predicted molar refractivity (Wildman–Crippen MR) is 81.5 cm³/mol. The van der Waals surface area contributed by atoms with Gasteiger partial charge in [0.15, 0.2) is 0 Å². The van der Waals surface area contributed by atoms with Crippen LogP contribution in [0.5, 0.6) is 11.5 Å². The zero-order valence-electron chi connectivity index (χ0n) is 11.4. The molecule has 0 radical (unpaired) electrons. The first-order valence-electron chi connectivity index (χ1n) is 6.47. The molecule has 0 bridgehead atoms. The molecule has 0 aliphatic carbocycles. The maximum absolute atomic E-state index is 6.15. The van der Waals surface area contributed by atoms with Crippen molar-refractivity contribution >= 4 is 11.6 Å². The van der Waals surface area contributed by atoms with Gasteiger partial charge in [-0.3, -0.25) is 0 Å². The van der Waals surface area contributed by atoms with Gasteiger partial charge in [-0.25, -0.2) is 0 Å². The third-order valence-electron chi connectivity index (χ3n) is 3.04. The van der Waals surface area contributed by atoms with E-state index >= 15 is 0 Å². The molecule has 2 N–H and O–H groups in total. The standard InChI is InChI=1S/C16H18ClNO2/c1-19-16-11-12(7-8-14(16)17)15(18)9-10-20-13-5-3-2-4-6-13/h2-8,11,15H,9-10,18H2,1H3. The third kappa shape index (κ3) is 3.89. The van der Waals surface area contributed by atoms with E-state index in [1.165, 1.54) is 0 Å². The molecule has 0 heterocycles. The smallest absolute Gasteiger partial charge is 0.137 e. The second kappa shape index (κ2) is 7.17. The average molecular weight is 292 g/mol. The highest BCUT2D eigenvalue weighted by Gasteiger charge is 2.09. The first kappa shape index (κ1) is 14.7. The Hall–Kier alpha value is -1.71. The number of benzene rings is 2. The normalized spacial score (nSPS) is 11.9. The monoisotopic (exact) mass is 291 g/mol. The van der Waals surface area contributed by atoms with Crippen LogP contribution in [0.15, 0.2) is 48.5 Å². The van der Waals surface area contributed by atoms with Gasteiger partial charge in [-0.15, -0.1) is 0 Å². The topological polar surface area (TPSA) is 44.5 Å². The van der Waals surface area contributed by atoms with Crippen LogP contribution in [-0.4, -0.2) is 13.7 Å². The fourth-order valence-corrected chi connectivity index (χ4v) is 2.09. The molecular formula is C16H18ClNO2. The van der Waals surface area contributed by atoms with Gasteiger partial charge in [0.2, 0.25) is 0 Å². The Balaban J connectivity index is 1.90. The van der Waals surface area contributed by atoms with Crippen molar-refractivity contribution in [3.63, 3.8) is 0 Å². The van der Waals surface area contributed by atoms with E-state index in [1.54, 1.807) is 13.2 Å². The van der Waals surface area contributed by atoms with E-state index in [2.05, 4.69) is 0 Å².